The minimum atomic E-state index is -0.402. The first kappa shape index (κ1) is 13.5. The molecule has 0 radical (unpaired) electrons. The third-order valence-electron chi connectivity index (χ3n) is 2.44. The summed E-state index contributed by atoms with van der Waals surface area (Å²) < 4.78 is 0. The molecule has 2 N–H and O–H groups in total. The van der Waals surface area contributed by atoms with Crippen molar-refractivity contribution in [2.75, 3.05) is 5.32 Å². The van der Waals surface area contributed by atoms with Gasteiger partial charge in [0.15, 0.2) is 11.5 Å². The fraction of sp³-hybridized carbons (Fsp3) is 0.333. The van der Waals surface area contributed by atoms with Gasteiger partial charge in [-0.15, -0.1) is 0 Å². The van der Waals surface area contributed by atoms with E-state index in [2.05, 4.69) is 25.5 Å². The number of hydrogen-bond acceptors (Lipinski definition) is 4. The number of carbonyl (C=O) groups excluding carboxylic acids is 1. The van der Waals surface area contributed by atoms with E-state index in [0.29, 0.717) is 11.6 Å². The summed E-state index contributed by atoms with van der Waals surface area (Å²) in [7, 11) is 0. The van der Waals surface area contributed by atoms with E-state index in [9.17, 15) is 4.79 Å². The van der Waals surface area contributed by atoms with Crippen LogP contribution in [0.4, 0.5) is 5.82 Å². The average molecular weight is 280 g/mol. The minimum Gasteiger partial charge on any atom is -0.304 e. The molecular formula is C12H14ClN5O. The van der Waals surface area contributed by atoms with Gasteiger partial charge in [-0.1, -0.05) is 25.4 Å². The molecule has 1 amide bonds. The maximum Gasteiger partial charge on any atom is 0.277 e. The molecule has 7 heteroatoms. The van der Waals surface area contributed by atoms with Gasteiger partial charge in [-0.3, -0.25) is 9.89 Å². The van der Waals surface area contributed by atoms with Gasteiger partial charge >= 0.3 is 0 Å². The van der Waals surface area contributed by atoms with Gasteiger partial charge in [0.2, 0.25) is 0 Å². The Bertz CT molecular complexity index is 608. The maximum absolute atomic E-state index is 12.1. The minimum absolute atomic E-state index is 0.122. The van der Waals surface area contributed by atoms with Gasteiger partial charge in [0.1, 0.15) is 5.82 Å². The van der Waals surface area contributed by atoms with E-state index in [0.717, 1.165) is 5.69 Å². The Morgan fingerprint density at radius 3 is 2.79 bits per heavy atom. The molecular weight excluding hydrogens is 266 g/mol. The van der Waals surface area contributed by atoms with Gasteiger partial charge in [0.05, 0.1) is 11.2 Å². The van der Waals surface area contributed by atoms with Gasteiger partial charge in [-0.05, 0) is 6.92 Å². The molecule has 0 fully saturated rings. The van der Waals surface area contributed by atoms with Crippen LogP contribution in [-0.4, -0.2) is 26.1 Å². The van der Waals surface area contributed by atoms with E-state index in [1.807, 2.05) is 20.8 Å². The number of hydrogen-bond donors (Lipinski definition) is 2. The smallest absolute Gasteiger partial charge is 0.277 e. The molecule has 2 heterocycles. The molecule has 2 aromatic rings. The summed E-state index contributed by atoms with van der Waals surface area (Å²) in [5, 5.41) is 9.51. The van der Waals surface area contributed by atoms with E-state index < -0.39 is 5.91 Å². The van der Waals surface area contributed by atoms with Gasteiger partial charge in [0.25, 0.3) is 5.91 Å². The Labute approximate surface area is 115 Å². The third kappa shape index (κ3) is 3.08. The van der Waals surface area contributed by atoms with Crippen molar-refractivity contribution in [3.05, 3.63) is 34.5 Å². The lowest BCUT2D eigenvalue weighted by Crippen LogP contribution is -2.16. The molecule has 0 aliphatic rings. The van der Waals surface area contributed by atoms with Crippen LogP contribution in [0.5, 0.6) is 0 Å². The number of aromatic nitrogens is 4. The number of anilines is 1. The van der Waals surface area contributed by atoms with E-state index in [-0.39, 0.29) is 16.6 Å². The predicted octanol–water partition coefficient (Wildman–Crippen LogP) is 2.54. The van der Waals surface area contributed by atoms with Crippen molar-refractivity contribution >= 4 is 23.3 Å². The summed E-state index contributed by atoms with van der Waals surface area (Å²) in [5.74, 6) is 0.730. The first-order valence-corrected chi connectivity index (χ1v) is 6.21. The van der Waals surface area contributed by atoms with Crippen LogP contribution in [-0.2, 0) is 0 Å². The lowest BCUT2D eigenvalue weighted by Gasteiger charge is -2.07. The van der Waals surface area contributed by atoms with E-state index in [1.54, 1.807) is 6.07 Å². The van der Waals surface area contributed by atoms with Gasteiger partial charge in [0, 0.05) is 17.7 Å². The quantitative estimate of drug-likeness (QED) is 0.904. The van der Waals surface area contributed by atoms with Crippen LogP contribution in [0.2, 0.25) is 5.02 Å². The van der Waals surface area contributed by atoms with Crippen molar-refractivity contribution in [1.82, 2.24) is 20.2 Å². The van der Waals surface area contributed by atoms with Crippen LogP contribution in [0.1, 0.15) is 41.8 Å². The Kier molecular flexibility index (Phi) is 3.80. The number of nitrogens with one attached hydrogen (secondary N) is 2. The van der Waals surface area contributed by atoms with Crippen molar-refractivity contribution in [3.8, 4) is 0 Å². The molecule has 0 saturated heterocycles. The first-order valence-electron chi connectivity index (χ1n) is 5.83. The zero-order chi connectivity index (χ0) is 14.0. The van der Waals surface area contributed by atoms with Gasteiger partial charge in [-0.2, -0.15) is 5.10 Å². The van der Waals surface area contributed by atoms with Crippen LogP contribution in [0.25, 0.3) is 0 Å². The zero-order valence-electron chi connectivity index (χ0n) is 10.9. The molecule has 19 heavy (non-hydrogen) atoms. The summed E-state index contributed by atoms with van der Waals surface area (Å²) >= 11 is 5.95. The van der Waals surface area contributed by atoms with Crippen molar-refractivity contribution < 1.29 is 4.79 Å². The Hall–Kier alpha value is -1.95. The first-order chi connectivity index (χ1) is 8.97. The van der Waals surface area contributed by atoms with E-state index >= 15 is 0 Å². The second kappa shape index (κ2) is 5.36. The molecule has 0 bridgehead atoms. The number of carbonyl (C=O) groups is 1. The number of amides is 1. The molecule has 0 aromatic carbocycles. The number of halogens is 1. The summed E-state index contributed by atoms with van der Waals surface area (Å²) in [5.41, 5.74) is 1.01. The molecule has 0 aliphatic carbocycles. The Balaban J connectivity index is 2.25. The molecule has 0 unspecified atom stereocenters. The van der Waals surface area contributed by atoms with Crippen molar-refractivity contribution in [1.29, 1.82) is 0 Å². The van der Waals surface area contributed by atoms with Crippen LogP contribution in [0.15, 0.2) is 12.3 Å². The van der Waals surface area contributed by atoms with Crippen LogP contribution in [0.3, 0.4) is 0 Å². The molecule has 0 saturated carbocycles. The molecule has 6 nitrogen and oxygen atoms in total. The predicted molar refractivity (Wildman–Crippen MR) is 72.4 cm³/mol. The largest absolute Gasteiger partial charge is 0.304 e. The fourth-order valence-corrected chi connectivity index (χ4v) is 1.65. The highest BCUT2D eigenvalue weighted by atomic mass is 35.5. The number of aromatic amines is 1. The van der Waals surface area contributed by atoms with Crippen molar-refractivity contribution in [2.45, 2.75) is 26.7 Å². The Morgan fingerprint density at radius 1 is 1.47 bits per heavy atom. The van der Waals surface area contributed by atoms with Gasteiger partial charge < -0.3 is 5.32 Å². The number of rotatable bonds is 3. The summed E-state index contributed by atoms with van der Waals surface area (Å²) in [6.07, 6.45) is 1.44. The number of H-pyrrole nitrogens is 1. The molecule has 0 atom stereocenters. The average Bonchev–Trinajstić information content (AvgIpc) is 2.74. The zero-order valence-corrected chi connectivity index (χ0v) is 11.6. The van der Waals surface area contributed by atoms with Crippen LogP contribution < -0.4 is 5.32 Å². The van der Waals surface area contributed by atoms with Crippen molar-refractivity contribution in [3.63, 3.8) is 0 Å². The topological polar surface area (TPSA) is 83.6 Å². The second-order valence-electron chi connectivity index (χ2n) is 4.47. The van der Waals surface area contributed by atoms with Crippen LogP contribution >= 0.6 is 11.6 Å². The molecule has 2 aromatic heterocycles. The Morgan fingerprint density at radius 2 is 2.21 bits per heavy atom. The van der Waals surface area contributed by atoms with Gasteiger partial charge in [-0.25, -0.2) is 9.97 Å². The van der Waals surface area contributed by atoms with E-state index in [1.165, 1.54) is 6.20 Å². The summed E-state index contributed by atoms with van der Waals surface area (Å²) in [6, 6.07) is 1.72. The van der Waals surface area contributed by atoms with Crippen LogP contribution in [0, 0.1) is 6.92 Å². The summed E-state index contributed by atoms with van der Waals surface area (Å²) in [6.45, 7) is 5.74. The highest BCUT2D eigenvalue weighted by molar-refractivity contribution is 6.33. The lowest BCUT2D eigenvalue weighted by atomic mass is 10.2. The molecule has 2 rings (SSSR count). The fourth-order valence-electron chi connectivity index (χ4n) is 1.48. The normalized spacial score (nSPS) is 10.8. The number of aryl methyl sites for hydroxylation is 1. The van der Waals surface area contributed by atoms with Crippen molar-refractivity contribution in [2.24, 2.45) is 0 Å². The maximum atomic E-state index is 12.1. The molecule has 0 spiro atoms. The highest BCUT2D eigenvalue weighted by Gasteiger charge is 2.16. The standard InChI is InChI=1S/C12H14ClN5O/c1-6(2)11-14-5-8(13)10(16-11)12(19)15-9-4-7(3)17-18-9/h4-6H,1-3H3,(H2,15,17,18,19). The second-order valence-corrected chi connectivity index (χ2v) is 4.88. The highest BCUT2D eigenvalue weighted by Crippen LogP contribution is 2.17. The summed E-state index contributed by atoms with van der Waals surface area (Å²) in [4.78, 5) is 20.3. The number of nitrogens with zero attached hydrogens (tertiary/aromatic N) is 3. The molecule has 0 aliphatic heterocycles. The lowest BCUT2D eigenvalue weighted by molar-refractivity contribution is 0.102. The monoisotopic (exact) mass is 279 g/mol. The SMILES string of the molecule is Cc1cc(NC(=O)c2nc(C(C)C)ncc2Cl)n[nH]1. The molecule has 100 valence electrons. The van der Waals surface area contributed by atoms with E-state index in [4.69, 9.17) is 11.6 Å². The third-order valence-corrected chi connectivity index (χ3v) is 2.72.